The molecule has 1 aliphatic rings. The molecule has 2 aromatic rings. The van der Waals surface area contributed by atoms with E-state index in [1.807, 2.05) is 42.2 Å². The summed E-state index contributed by atoms with van der Waals surface area (Å²) in [6, 6.07) is 14.8. The summed E-state index contributed by atoms with van der Waals surface area (Å²) < 4.78 is 13.7. The van der Waals surface area contributed by atoms with Crippen LogP contribution in [0.2, 0.25) is 0 Å². The highest BCUT2D eigenvalue weighted by Crippen LogP contribution is 2.21. The number of carbonyl (C=O) groups excluding carboxylic acids is 1. The van der Waals surface area contributed by atoms with Gasteiger partial charge in [-0.25, -0.2) is 9.38 Å². The van der Waals surface area contributed by atoms with E-state index in [1.54, 1.807) is 12.1 Å². The fourth-order valence-electron chi connectivity index (χ4n) is 3.23. The SMILES string of the molecule is CCNC(=NCc1ccc(N2CCCC2=O)cc1)NCCc1ccccc1F. The molecule has 2 aromatic carbocycles. The van der Waals surface area contributed by atoms with Crippen LogP contribution >= 0.6 is 0 Å². The van der Waals surface area contributed by atoms with E-state index in [1.165, 1.54) is 6.07 Å². The van der Waals surface area contributed by atoms with Gasteiger partial charge < -0.3 is 15.5 Å². The highest BCUT2D eigenvalue weighted by molar-refractivity contribution is 5.95. The van der Waals surface area contributed by atoms with Crippen molar-refractivity contribution in [2.75, 3.05) is 24.5 Å². The number of nitrogens with zero attached hydrogens (tertiary/aromatic N) is 2. The Morgan fingerprint density at radius 2 is 1.93 bits per heavy atom. The summed E-state index contributed by atoms with van der Waals surface area (Å²) in [5.74, 6) is 0.722. The third-order valence-electron chi connectivity index (χ3n) is 4.73. The normalized spacial score (nSPS) is 14.4. The van der Waals surface area contributed by atoms with Gasteiger partial charge in [0.25, 0.3) is 0 Å². The zero-order valence-electron chi connectivity index (χ0n) is 16.2. The molecule has 5 nitrogen and oxygen atoms in total. The maximum atomic E-state index is 13.7. The van der Waals surface area contributed by atoms with Crippen LogP contribution in [-0.2, 0) is 17.8 Å². The van der Waals surface area contributed by atoms with Crippen molar-refractivity contribution >= 4 is 17.6 Å². The average molecular weight is 382 g/mol. The molecule has 6 heteroatoms. The van der Waals surface area contributed by atoms with Crippen LogP contribution in [0, 0.1) is 5.82 Å². The molecule has 0 unspecified atom stereocenters. The minimum Gasteiger partial charge on any atom is -0.357 e. The first-order valence-electron chi connectivity index (χ1n) is 9.82. The van der Waals surface area contributed by atoms with Crippen LogP contribution < -0.4 is 15.5 Å². The molecule has 1 aliphatic heterocycles. The third-order valence-corrected chi connectivity index (χ3v) is 4.73. The summed E-state index contributed by atoms with van der Waals surface area (Å²) in [6.07, 6.45) is 2.15. The number of hydrogen-bond acceptors (Lipinski definition) is 2. The van der Waals surface area contributed by atoms with E-state index in [0.717, 1.165) is 30.8 Å². The van der Waals surface area contributed by atoms with Gasteiger partial charge >= 0.3 is 0 Å². The Bertz CT molecular complexity index is 820. The Labute approximate surface area is 165 Å². The molecule has 1 amide bonds. The van der Waals surface area contributed by atoms with Gasteiger partial charge in [0.2, 0.25) is 5.91 Å². The van der Waals surface area contributed by atoms with Crippen molar-refractivity contribution < 1.29 is 9.18 Å². The number of rotatable bonds is 7. The molecule has 0 saturated carbocycles. The van der Waals surface area contributed by atoms with Crippen LogP contribution in [0.4, 0.5) is 10.1 Å². The van der Waals surface area contributed by atoms with Gasteiger partial charge in [0.15, 0.2) is 5.96 Å². The summed E-state index contributed by atoms with van der Waals surface area (Å²) in [5.41, 5.74) is 2.71. The van der Waals surface area contributed by atoms with Crippen LogP contribution in [0.15, 0.2) is 53.5 Å². The Morgan fingerprint density at radius 3 is 2.61 bits per heavy atom. The predicted molar refractivity (Wildman–Crippen MR) is 111 cm³/mol. The molecule has 0 aliphatic carbocycles. The summed E-state index contributed by atoms with van der Waals surface area (Å²) >= 11 is 0. The first-order chi connectivity index (χ1) is 13.7. The van der Waals surface area contributed by atoms with Crippen molar-refractivity contribution in [2.45, 2.75) is 32.7 Å². The number of nitrogens with one attached hydrogen (secondary N) is 2. The van der Waals surface area contributed by atoms with E-state index in [0.29, 0.717) is 37.5 Å². The molecular weight excluding hydrogens is 355 g/mol. The molecule has 3 rings (SSSR count). The second kappa shape index (κ2) is 9.88. The van der Waals surface area contributed by atoms with Crippen LogP contribution in [0.3, 0.4) is 0 Å². The van der Waals surface area contributed by atoms with E-state index in [-0.39, 0.29) is 11.7 Å². The second-order valence-corrected chi connectivity index (χ2v) is 6.78. The van der Waals surface area contributed by atoms with Gasteiger partial charge in [0, 0.05) is 31.7 Å². The van der Waals surface area contributed by atoms with E-state index in [9.17, 15) is 9.18 Å². The summed E-state index contributed by atoms with van der Waals surface area (Å²) in [5, 5.41) is 6.46. The van der Waals surface area contributed by atoms with E-state index >= 15 is 0 Å². The molecule has 0 atom stereocenters. The zero-order chi connectivity index (χ0) is 19.8. The topological polar surface area (TPSA) is 56.7 Å². The number of hydrogen-bond donors (Lipinski definition) is 2. The molecule has 1 saturated heterocycles. The van der Waals surface area contributed by atoms with Gasteiger partial charge in [-0.05, 0) is 49.1 Å². The smallest absolute Gasteiger partial charge is 0.227 e. The largest absolute Gasteiger partial charge is 0.357 e. The summed E-state index contributed by atoms with van der Waals surface area (Å²) in [4.78, 5) is 18.3. The van der Waals surface area contributed by atoms with E-state index < -0.39 is 0 Å². The minimum absolute atomic E-state index is 0.178. The Morgan fingerprint density at radius 1 is 1.14 bits per heavy atom. The van der Waals surface area contributed by atoms with Crippen molar-refractivity contribution in [3.8, 4) is 0 Å². The monoisotopic (exact) mass is 382 g/mol. The number of carbonyl (C=O) groups is 1. The van der Waals surface area contributed by atoms with Crippen molar-refractivity contribution in [3.05, 3.63) is 65.5 Å². The molecule has 1 heterocycles. The highest BCUT2D eigenvalue weighted by Gasteiger charge is 2.21. The third kappa shape index (κ3) is 5.31. The van der Waals surface area contributed by atoms with Crippen LogP contribution in [0.25, 0.3) is 0 Å². The zero-order valence-corrected chi connectivity index (χ0v) is 16.2. The van der Waals surface area contributed by atoms with Crippen molar-refractivity contribution in [1.82, 2.24) is 10.6 Å². The molecule has 28 heavy (non-hydrogen) atoms. The minimum atomic E-state index is -0.178. The van der Waals surface area contributed by atoms with Crippen molar-refractivity contribution in [3.63, 3.8) is 0 Å². The van der Waals surface area contributed by atoms with Crippen LogP contribution in [0.1, 0.15) is 30.9 Å². The van der Waals surface area contributed by atoms with Crippen LogP contribution in [0.5, 0.6) is 0 Å². The van der Waals surface area contributed by atoms with Crippen LogP contribution in [-0.4, -0.2) is 31.5 Å². The average Bonchev–Trinajstić information content (AvgIpc) is 3.14. The number of anilines is 1. The molecule has 0 spiro atoms. The molecule has 148 valence electrons. The lowest BCUT2D eigenvalue weighted by molar-refractivity contribution is -0.117. The fourth-order valence-corrected chi connectivity index (χ4v) is 3.23. The lowest BCUT2D eigenvalue weighted by Crippen LogP contribution is -2.38. The first kappa shape index (κ1) is 19.9. The number of aliphatic imine (C=N–C) groups is 1. The van der Waals surface area contributed by atoms with E-state index in [2.05, 4.69) is 15.6 Å². The molecule has 1 fully saturated rings. The number of halogens is 1. The Hall–Kier alpha value is -2.89. The summed E-state index contributed by atoms with van der Waals surface area (Å²) in [6.45, 7) is 4.69. The van der Waals surface area contributed by atoms with Gasteiger partial charge in [-0.2, -0.15) is 0 Å². The Kier molecular flexibility index (Phi) is 7.00. The van der Waals surface area contributed by atoms with Gasteiger partial charge in [-0.3, -0.25) is 4.79 Å². The van der Waals surface area contributed by atoms with Gasteiger partial charge in [-0.15, -0.1) is 0 Å². The number of guanidine groups is 1. The standard InChI is InChI=1S/C22H27FN4O/c1-2-24-22(25-14-13-18-6-3-4-7-20(18)23)26-16-17-9-11-19(12-10-17)27-15-5-8-21(27)28/h3-4,6-7,9-12H,2,5,8,13-16H2,1H3,(H2,24,25,26). The highest BCUT2D eigenvalue weighted by atomic mass is 19.1. The Balaban J connectivity index is 1.54. The maximum Gasteiger partial charge on any atom is 0.227 e. The van der Waals surface area contributed by atoms with Crippen molar-refractivity contribution in [2.24, 2.45) is 4.99 Å². The molecular formula is C22H27FN4O. The first-order valence-corrected chi connectivity index (χ1v) is 9.82. The van der Waals surface area contributed by atoms with Gasteiger partial charge in [0.1, 0.15) is 5.82 Å². The molecule has 2 N–H and O–H groups in total. The molecule has 0 bridgehead atoms. The number of amides is 1. The van der Waals surface area contributed by atoms with E-state index in [4.69, 9.17) is 0 Å². The summed E-state index contributed by atoms with van der Waals surface area (Å²) in [7, 11) is 0. The molecule has 0 radical (unpaired) electrons. The lowest BCUT2D eigenvalue weighted by atomic mass is 10.1. The fraction of sp³-hybridized carbons (Fsp3) is 0.364. The molecule has 0 aromatic heterocycles. The van der Waals surface area contributed by atoms with Gasteiger partial charge in [0.05, 0.1) is 6.54 Å². The second-order valence-electron chi connectivity index (χ2n) is 6.78. The lowest BCUT2D eigenvalue weighted by Gasteiger charge is -2.16. The number of benzene rings is 2. The van der Waals surface area contributed by atoms with Gasteiger partial charge in [-0.1, -0.05) is 30.3 Å². The predicted octanol–water partition coefficient (Wildman–Crippen LogP) is 3.25. The van der Waals surface area contributed by atoms with Crippen molar-refractivity contribution in [1.29, 1.82) is 0 Å². The maximum absolute atomic E-state index is 13.7. The quantitative estimate of drug-likeness (QED) is 0.571.